The summed E-state index contributed by atoms with van der Waals surface area (Å²) in [6.07, 6.45) is 5.26. The Morgan fingerprint density at radius 1 is 1.07 bits per heavy atom. The minimum Gasteiger partial charge on any atom is -0.399 e. The van der Waals surface area contributed by atoms with Crippen LogP contribution in [0, 0.1) is 5.41 Å². The number of aliphatic hydroxyl groups excluding tert-OH is 1. The summed E-state index contributed by atoms with van der Waals surface area (Å²) in [5, 5.41) is 11.6. The molecule has 1 N–H and O–H groups in total. The van der Waals surface area contributed by atoms with Gasteiger partial charge in [-0.15, -0.1) is 0 Å². The van der Waals surface area contributed by atoms with Crippen molar-refractivity contribution in [1.29, 1.82) is 0 Å². The molecule has 1 aromatic carbocycles. The molecule has 45 heavy (non-hydrogen) atoms. The van der Waals surface area contributed by atoms with E-state index in [1.807, 2.05) is 6.20 Å². The molecule has 2 aromatic heterocycles. The van der Waals surface area contributed by atoms with Crippen LogP contribution in [0.25, 0.3) is 22.2 Å². The van der Waals surface area contributed by atoms with Gasteiger partial charge in [-0.25, -0.2) is 0 Å². The van der Waals surface area contributed by atoms with Crippen LogP contribution in [0.5, 0.6) is 0 Å². The van der Waals surface area contributed by atoms with E-state index in [0.29, 0.717) is 6.42 Å². The van der Waals surface area contributed by atoms with E-state index >= 15 is 0 Å². The van der Waals surface area contributed by atoms with Gasteiger partial charge in [-0.2, -0.15) is 0 Å². The van der Waals surface area contributed by atoms with Crippen molar-refractivity contribution in [2.75, 3.05) is 44.8 Å². The highest BCUT2D eigenvalue weighted by atomic mass is 16.7. The number of benzene rings is 1. The Labute approximate surface area is 270 Å². The number of fused-ring (bicyclic) bond motifs is 1. The molecule has 2 saturated heterocycles. The van der Waals surface area contributed by atoms with Crippen molar-refractivity contribution in [3.8, 4) is 11.3 Å². The van der Waals surface area contributed by atoms with Crippen molar-refractivity contribution in [2.45, 2.75) is 105 Å². The van der Waals surface area contributed by atoms with Crippen LogP contribution in [0.1, 0.15) is 85.6 Å². The maximum atomic E-state index is 10.5. The van der Waals surface area contributed by atoms with Crippen molar-refractivity contribution in [2.24, 2.45) is 5.41 Å². The predicted molar refractivity (Wildman–Crippen MR) is 183 cm³/mol. The Hall–Kier alpha value is -2.43. The van der Waals surface area contributed by atoms with Crippen molar-refractivity contribution in [1.82, 2.24) is 14.5 Å². The number of ether oxygens (including phenoxy) is 1. The van der Waals surface area contributed by atoms with E-state index in [2.05, 4.69) is 94.0 Å². The van der Waals surface area contributed by atoms with E-state index in [4.69, 9.17) is 19.0 Å². The smallest absolute Gasteiger partial charge is 0.399 e. The number of aliphatic hydroxyl groups is 1. The minimum absolute atomic E-state index is 0.0903. The fraction of sp³-hybridized carbons (Fsp3) is 0.639. The lowest BCUT2D eigenvalue weighted by Gasteiger charge is -2.36. The number of anilines is 1. The average Bonchev–Trinajstić information content (AvgIpc) is 3.79. The quantitative estimate of drug-likeness (QED) is 0.299. The summed E-state index contributed by atoms with van der Waals surface area (Å²) >= 11 is 0. The second-order valence-electron chi connectivity index (χ2n) is 15.2. The van der Waals surface area contributed by atoms with Gasteiger partial charge in [-0.1, -0.05) is 26.0 Å². The third-order valence-electron chi connectivity index (χ3n) is 10.8. The second-order valence-corrected chi connectivity index (χ2v) is 15.2. The molecule has 0 spiro atoms. The fourth-order valence-electron chi connectivity index (χ4n) is 6.96. The molecule has 244 valence electrons. The van der Waals surface area contributed by atoms with Crippen molar-refractivity contribution in [3.63, 3.8) is 0 Å². The average molecular weight is 617 g/mol. The van der Waals surface area contributed by atoms with Gasteiger partial charge in [0, 0.05) is 68.9 Å². The Morgan fingerprint density at radius 3 is 2.31 bits per heavy atom. The number of hydrogen-bond donors (Lipinski definition) is 1. The molecule has 3 aromatic rings. The molecule has 0 radical (unpaired) electrons. The number of pyridine rings is 1. The van der Waals surface area contributed by atoms with E-state index in [9.17, 15) is 5.11 Å². The lowest BCUT2D eigenvalue weighted by atomic mass is 9.77. The van der Waals surface area contributed by atoms with Crippen LogP contribution < -0.4 is 10.4 Å². The minimum atomic E-state index is -0.449. The predicted octanol–water partition coefficient (Wildman–Crippen LogP) is 5.58. The van der Waals surface area contributed by atoms with Crippen LogP contribution in [0.3, 0.4) is 0 Å². The van der Waals surface area contributed by atoms with Crippen LogP contribution in [0.15, 0.2) is 30.5 Å². The monoisotopic (exact) mass is 616 g/mol. The van der Waals surface area contributed by atoms with Crippen molar-refractivity contribution >= 4 is 29.2 Å². The van der Waals surface area contributed by atoms with Gasteiger partial charge < -0.3 is 28.6 Å². The lowest BCUT2D eigenvalue weighted by Crippen LogP contribution is -2.47. The third kappa shape index (κ3) is 6.07. The largest absolute Gasteiger partial charge is 0.494 e. The molecule has 4 heterocycles. The SMILES string of the molecule is CCn1c(-c2cc(N3CCN(C4CC4)CC3)cnc2C(C)OC)c(CC(C)(C)CO)c2cc(B3OC(C)(C)C(C)(C)O3)ccc21. The molecule has 1 aliphatic carbocycles. The number of aromatic nitrogens is 2. The van der Waals surface area contributed by atoms with Gasteiger partial charge >= 0.3 is 7.12 Å². The maximum Gasteiger partial charge on any atom is 0.494 e. The van der Waals surface area contributed by atoms with Gasteiger partial charge in [0.2, 0.25) is 0 Å². The van der Waals surface area contributed by atoms with Gasteiger partial charge in [-0.3, -0.25) is 9.88 Å². The third-order valence-corrected chi connectivity index (χ3v) is 10.8. The van der Waals surface area contributed by atoms with E-state index in [1.54, 1.807) is 7.11 Å². The molecule has 9 heteroatoms. The molecular formula is C36H53BN4O4. The molecule has 0 bridgehead atoms. The van der Waals surface area contributed by atoms with Gasteiger partial charge in [0.25, 0.3) is 0 Å². The van der Waals surface area contributed by atoms with Gasteiger partial charge in [0.15, 0.2) is 0 Å². The molecule has 1 unspecified atom stereocenters. The summed E-state index contributed by atoms with van der Waals surface area (Å²) in [6, 6.07) is 9.75. The van der Waals surface area contributed by atoms with Crippen LogP contribution in [-0.2, 0) is 27.0 Å². The zero-order valence-corrected chi connectivity index (χ0v) is 28.9. The molecule has 8 nitrogen and oxygen atoms in total. The first-order chi connectivity index (χ1) is 21.3. The number of hydrogen-bond acceptors (Lipinski definition) is 7. The highest BCUT2D eigenvalue weighted by Gasteiger charge is 2.51. The van der Waals surface area contributed by atoms with E-state index < -0.39 is 18.3 Å². The molecule has 3 aliphatic rings. The number of aryl methyl sites for hydroxylation is 1. The van der Waals surface area contributed by atoms with Gasteiger partial charge in [0.1, 0.15) is 0 Å². The first kappa shape index (κ1) is 32.5. The van der Waals surface area contributed by atoms with Gasteiger partial charge in [0.05, 0.1) is 40.6 Å². The fourth-order valence-corrected chi connectivity index (χ4v) is 6.96. The standard InChI is InChI=1S/C36H53BN4O4/c1-10-41-31-14-11-25(37-44-35(5,6)36(7,8)45-37)19-28(31)30(21-34(3,4)23-42)33(41)29-20-27(22-38-32(29)24(2)43-9)40-17-15-39(16-18-40)26-12-13-26/h11,14,19-20,22,24,26,42H,10,12-13,15-18,21,23H2,1-9H3. The normalized spacial score (nSPS) is 21.2. The highest BCUT2D eigenvalue weighted by molar-refractivity contribution is 6.62. The summed E-state index contributed by atoms with van der Waals surface area (Å²) in [6.45, 7) is 22.0. The van der Waals surface area contributed by atoms with E-state index in [-0.39, 0.29) is 18.1 Å². The number of nitrogens with zero attached hydrogens (tertiary/aromatic N) is 4. The van der Waals surface area contributed by atoms with Crippen molar-refractivity contribution in [3.05, 3.63) is 41.7 Å². The van der Waals surface area contributed by atoms with E-state index in [1.165, 1.54) is 23.8 Å². The molecule has 2 aliphatic heterocycles. The zero-order chi connectivity index (χ0) is 32.3. The topological polar surface area (TPSA) is 72.2 Å². The van der Waals surface area contributed by atoms with Crippen LogP contribution in [0.2, 0.25) is 0 Å². The van der Waals surface area contributed by atoms with Crippen LogP contribution >= 0.6 is 0 Å². The molecule has 0 amide bonds. The Kier molecular flexibility index (Phi) is 8.66. The van der Waals surface area contributed by atoms with E-state index in [0.717, 1.165) is 72.4 Å². The Bertz CT molecular complexity index is 1520. The molecule has 1 atom stereocenters. The number of rotatable bonds is 10. The summed E-state index contributed by atoms with van der Waals surface area (Å²) in [5.41, 5.74) is 6.58. The van der Waals surface area contributed by atoms with Crippen LogP contribution in [-0.4, -0.2) is 83.8 Å². The molecule has 3 fully saturated rings. The lowest BCUT2D eigenvalue weighted by molar-refractivity contribution is 0.00578. The van der Waals surface area contributed by atoms with Gasteiger partial charge in [-0.05, 0) is 89.4 Å². The molecular weight excluding hydrogens is 563 g/mol. The first-order valence-electron chi connectivity index (χ1n) is 16.9. The van der Waals surface area contributed by atoms with Crippen LogP contribution in [0.4, 0.5) is 5.69 Å². The first-order valence-corrected chi connectivity index (χ1v) is 16.9. The summed E-state index contributed by atoms with van der Waals surface area (Å²) in [4.78, 5) is 10.2. The molecule has 1 saturated carbocycles. The summed E-state index contributed by atoms with van der Waals surface area (Å²) in [5.74, 6) is 0. The number of methoxy groups -OCH3 is 1. The Morgan fingerprint density at radius 2 is 1.73 bits per heavy atom. The maximum absolute atomic E-state index is 10.5. The molecule has 6 rings (SSSR count). The summed E-state index contributed by atoms with van der Waals surface area (Å²) < 4.78 is 21.3. The highest BCUT2D eigenvalue weighted by Crippen LogP contribution is 2.42. The Balaban J connectivity index is 1.51. The second kappa shape index (κ2) is 12.0. The summed E-state index contributed by atoms with van der Waals surface area (Å²) in [7, 11) is 1.30. The zero-order valence-electron chi connectivity index (χ0n) is 28.9. The number of piperazine rings is 1. The van der Waals surface area contributed by atoms with Crippen molar-refractivity contribution < 1.29 is 19.2 Å².